The van der Waals surface area contributed by atoms with Crippen LogP contribution in [0.2, 0.25) is 0 Å². The maximum Gasteiger partial charge on any atom is 0.322 e. The molecule has 2 aliphatic heterocycles. The largest absolute Gasteiger partial charge is 0.322 e. The first-order valence-electron chi connectivity index (χ1n) is 10.0. The van der Waals surface area contributed by atoms with Crippen molar-refractivity contribution in [2.24, 2.45) is 5.92 Å². The number of aromatic nitrogens is 2. The van der Waals surface area contributed by atoms with Crippen LogP contribution in [0, 0.1) is 23.4 Å². The van der Waals surface area contributed by atoms with E-state index in [1.54, 1.807) is 29.0 Å². The average molecular weight is 469 g/mol. The van der Waals surface area contributed by atoms with E-state index in [-0.39, 0.29) is 30.1 Å². The number of amides is 3. The lowest BCUT2D eigenvalue weighted by molar-refractivity contribution is -0.117. The minimum absolute atomic E-state index is 0.0194. The first-order valence-corrected chi connectivity index (χ1v) is 11.7. The molecule has 1 fully saturated rings. The van der Waals surface area contributed by atoms with Gasteiger partial charge in [-0.05, 0) is 12.8 Å². The van der Waals surface area contributed by atoms with Gasteiger partial charge >= 0.3 is 6.03 Å². The molecule has 2 unspecified atom stereocenters. The summed E-state index contributed by atoms with van der Waals surface area (Å²) in [5.74, 6) is -4.09. The summed E-state index contributed by atoms with van der Waals surface area (Å²) in [6.45, 7) is 2.69. The maximum absolute atomic E-state index is 13.5. The summed E-state index contributed by atoms with van der Waals surface area (Å²) in [6, 6.07) is 0.506. The molecular weight excluding hydrogens is 447 g/mol. The quantitative estimate of drug-likeness (QED) is 0.697. The van der Waals surface area contributed by atoms with Crippen LogP contribution >= 0.6 is 0 Å². The van der Waals surface area contributed by atoms with Crippen molar-refractivity contribution in [3.05, 3.63) is 41.5 Å². The Morgan fingerprint density at radius 2 is 1.94 bits per heavy atom. The van der Waals surface area contributed by atoms with Crippen molar-refractivity contribution < 1.29 is 27.0 Å². The topological polar surface area (TPSA) is 87.5 Å². The summed E-state index contributed by atoms with van der Waals surface area (Å²) in [5, 5.41) is 6.74. The monoisotopic (exact) mass is 469 g/mol. The fourth-order valence-electron chi connectivity index (χ4n) is 4.17. The molecule has 1 aromatic heterocycles. The lowest BCUT2D eigenvalue weighted by atomic mass is 10.1. The maximum atomic E-state index is 13.5. The molecule has 32 heavy (non-hydrogen) atoms. The summed E-state index contributed by atoms with van der Waals surface area (Å²) >= 11 is 0. The van der Waals surface area contributed by atoms with E-state index < -0.39 is 34.3 Å². The molecule has 1 saturated heterocycles. The molecule has 1 aromatic carbocycles. The van der Waals surface area contributed by atoms with Crippen LogP contribution < -0.4 is 10.2 Å². The number of urea groups is 1. The molecule has 12 heteroatoms. The van der Waals surface area contributed by atoms with Crippen LogP contribution in [0.15, 0.2) is 18.3 Å². The van der Waals surface area contributed by atoms with Crippen molar-refractivity contribution in [3.63, 3.8) is 0 Å². The molecule has 3 atom stereocenters. The molecule has 8 nitrogen and oxygen atoms in total. The predicted octanol–water partition coefficient (Wildman–Crippen LogP) is 2.47. The first kappa shape index (κ1) is 22.3. The molecule has 1 N–H and O–H groups in total. The Balaban J connectivity index is 1.53. The van der Waals surface area contributed by atoms with Gasteiger partial charge in [0.1, 0.15) is 0 Å². The highest BCUT2D eigenvalue weighted by atomic mass is 32.2. The number of benzene rings is 1. The highest BCUT2D eigenvalue weighted by Crippen LogP contribution is 2.32. The second-order valence-electron chi connectivity index (χ2n) is 8.13. The van der Waals surface area contributed by atoms with Gasteiger partial charge in [-0.15, -0.1) is 0 Å². The summed E-state index contributed by atoms with van der Waals surface area (Å²) in [4.78, 5) is 28.4. The number of carbonyl (C=O) groups excluding carboxylic acids is 2. The van der Waals surface area contributed by atoms with E-state index in [0.717, 1.165) is 0 Å². The minimum Gasteiger partial charge on any atom is -0.314 e. The number of nitrogens with zero attached hydrogens (tertiary/aromatic N) is 4. The number of anilines is 2. The van der Waals surface area contributed by atoms with Crippen LogP contribution in [-0.4, -0.2) is 55.4 Å². The fraction of sp³-hybridized carbons (Fsp3) is 0.450. The summed E-state index contributed by atoms with van der Waals surface area (Å²) in [6.07, 6.45) is 3.48. The molecule has 0 radical (unpaired) electrons. The standard InChI is InChI=1S/C20H22F3N5O3S/c1-11-7-28-17(16(6-24-28)27-8-12(3-18(27)29)10-32(2)31)9-26(11)20(30)25-13-4-14(21)19(23)15(22)5-13/h4-6,11-12H,3,7-10H2,1-2H3,(H,25,30)/t11-,12?,32?/m0/s1. The third-order valence-electron chi connectivity index (χ3n) is 5.68. The molecule has 3 amide bonds. The lowest BCUT2D eigenvalue weighted by Crippen LogP contribution is -2.47. The van der Waals surface area contributed by atoms with Crippen LogP contribution in [0.3, 0.4) is 0 Å². The lowest BCUT2D eigenvalue weighted by Gasteiger charge is -2.35. The third kappa shape index (κ3) is 4.23. The Bertz CT molecular complexity index is 1090. The van der Waals surface area contributed by atoms with E-state index in [2.05, 4.69) is 10.4 Å². The number of carbonyl (C=O) groups is 2. The van der Waals surface area contributed by atoms with Crippen LogP contribution in [0.5, 0.6) is 0 Å². The van der Waals surface area contributed by atoms with E-state index in [1.807, 2.05) is 0 Å². The zero-order valence-corrected chi connectivity index (χ0v) is 18.3. The SMILES string of the molecule is C[C@H]1Cn2ncc(N3CC(CS(C)=O)CC3=O)c2CN1C(=O)Nc1cc(F)c(F)c(F)c1. The van der Waals surface area contributed by atoms with Gasteiger partial charge in [0.05, 0.1) is 36.7 Å². The van der Waals surface area contributed by atoms with Gasteiger partial charge in [0.2, 0.25) is 5.91 Å². The van der Waals surface area contributed by atoms with Crippen LogP contribution in [0.25, 0.3) is 0 Å². The second-order valence-corrected chi connectivity index (χ2v) is 9.61. The van der Waals surface area contributed by atoms with Crippen molar-refractivity contribution in [1.82, 2.24) is 14.7 Å². The summed E-state index contributed by atoms with van der Waals surface area (Å²) in [5.41, 5.74) is 1.03. The zero-order valence-electron chi connectivity index (χ0n) is 17.5. The number of hydrogen-bond acceptors (Lipinski definition) is 4. The number of nitrogens with one attached hydrogen (secondary N) is 1. The molecule has 0 bridgehead atoms. The van der Waals surface area contributed by atoms with E-state index in [9.17, 15) is 27.0 Å². The van der Waals surface area contributed by atoms with Gasteiger partial charge in [-0.3, -0.25) is 13.7 Å². The van der Waals surface area contributed by atoms with E-state index in [0.29, 0.717) is 48.8 Å². The first-order chi connectivity index (χ1) is 15.1. The Labute approximate surface area is 184 Å². The average Bonchev–Trinajstić information content (AvgIpc) is 3.26. The normalized spacial score (nSPS) is 21.6. The summed E-state index contributed by atoms with van der Waals surface area (Å²) in [7, 11) is -1.01. The van der Waals surface area contributed by atoms with Gasteiger partial charge in [0.15, 0.2) is 17.5 Å². The van der Waals surface area contributed by atoms with Gasteiger partial charge in [-0.2, -0.15) is 5.10 Å². The Morgan fingerprint density at radius 1 is 1.25 bits per heavy atom. The second kappa shape index (κ2) is 8.57. The van der Waals surface area contributed by atoms with E-state index in [1.165, 1.54) is 4.90 Å². The molecular formula is C20H22F3N5O3S. The number of fused-ring (bicyclic) bond motifs is 1. The van der Waals surface area contributed by atoms with Gasteiger partial charge < -0.3 is 15.1 Å². The van der Waals surface area contributed by atoms with Gasteiger partial charge in [0.25, 0.3) is 0 Å². The molecule has 3 heterocycles. The molecule has 2 aliphatic rings. The van der Waals surface area contributed by atoms with Crippen LogP contribution in [-0.2, 0) is 28.7 Å². The molecule has 0 saturated carbocycles. The van der Waals surface area contributed by atoms with Crippen molar-refractivity contribution >= 4 is 34.1 Å². The molecule has 2 aromatic rings. The highest BCUT2D eigenvalue weighted by molar-refractivity contribution is 7.84. The van der Waals surface area contributed by atoms with Gasteiger partial charge in [-0.1, -0.05) is 0 Å². The van der Waals surface area contributed by atoms with Crippen molar-refractivity contribution in [3.8, 4) is 0 Å². The van der Waals surface area contributed by atoms with Crippen LogP contribution in [0.4, 0.5) is 29.3 Å². The number of halogens is 3. The fourth-order valence-corrected chi connectivity index (χ4v) is 5.05. The highest BCUT2D eigenvalue weighted by Gasteiger charge is 2.36. The van der Waals surface area contributed by atoms with Crippen molar-refractivity contribution in [2.75, 3.05) is 28.8 Å². The number of rotatable bonds is 4. The molecule has 0 spiro atoms. The summed E-state index contributed by atoms with van der Waals surface area (Å²) < 4.78 is 53.4. The van der Waals surface area contributed by atoms with Crippen molar-refractivity contribution in [1.29, 1.82) is 0 Å². The Morgan fingerprint density at radius 3 is 2.59 bits per heavy atom. The zero-order chi connectivity index (χ0) is 23.2. The Kier molecular flexibility index (Phi) is 5.97. The van der Waals surface area contributed by atoms with Crippen molar-refractivity contribution in [2.45, 2.75) is 32.5 Å². The van der Waals surface area contributed by atoms with Crippen LogP contribution in [0.1, 0.15) is 19.0 Å². The molecule has 4 rings (SSSR count). The Hall–Kier alpha value is -2.89. The predicted molar refractivity (Wildman–Crippen MR) is 112 cm³/mol. The minimum atomic E-state index is -1.61. The van der Waals surface area contributed by atoms with E-state index in [4.69, 9.17) is 0 Å². The molecule has 172 valence electrons. The van der Waals surface area contributed by atoms with Gasteiger partial charge in [-0.25, -0.2) is 18.0 Å². The third-order valence-corrected chi connectivity index (χ3v) is 6.62. The smallest absolute Gasteiger partial charge is 0.314 e. The number of hydrogen-bond donors (Lipinski definition) is 1. The van der Waals surface area contributed by atoms with Gasteiger partial charge in [0, 0.05) is 53.6 Å². The van der Waals surface area contributed by atoms with E-state index >= 15 is 0 Å². The molecule has 0 aliphatic carbocycles.